The van der Waals surface area contributed by atoms with Crippen LogP contribution in [0.2, 0.25) is 0 Å². The predicted molar refractivity (Wildman–Crippen MR) is 103 cm³/mol. The van der Waals surface area contributed by atoms with Crippen molar-refractivity contribution in [3.8, 4) is 0 Å². The molecule has 1 fully saturated rings. The number of fused-ring (bicyclic) bond motifs is 1. The fraction of sp³-hybridized carbons (Fsp3) is 0.619. The standard InChI is InChI=1S/C21H31N3O2/c1-4-14(2)21(26)24-13-17-8-6-5-7-16(17)12-19(24)20(25)23-18-9-10-22-15(3)11-18/h5-8,14-15,18-19,22H,4,9-13H2,1-3H3,(H,23,25). The molecule has 0 saturated carbocycles. The second-order valence-electron chi connectivity index (χ2n) is 7.85. The highest BCUT2D eigenvalue weighted by atomic mass is 16.2. The number of carbonyl (C=O) groups is 2. The van der Waals surface area contributed by atoms with Gasteiger partial charge in [0.05, 0.1) is 0 Å². The molecule has 5 heteroatoms. The maximum Gasteiger partial charge on any atom is 0.243 e. The first kappa shape index (κ1) is 18.9. The molecule has 5 nitrogen and oxygen atoms in total. The molecule has 2 amide bonds. The van der Waals surface area contributed by atoms with Crippen LogP contribution in [0.1, 0.15) is 51.2 Å². The molecule has 0 aliphatic carbocycles. The van der Waals surface area contributed by atoms with E-state index < -0.39 is 6.04 Å². The highest BCUT2D eigenvalue weighted by Gasteiger charge is 2.36. The number of hydrogen-bond donors (Lipinski definition) is 2. The number of rotatable bonds is 4. The Bertz CT molecular complexity index is 660. The Kier molecular flexibility index (Phi) is 5.97. The minimum absolute atomic E-state index is 0.00439. The van der Waals surface area contributed by atoms with Crippen LogP contribution in [0, 0.1) is 5.92 Å². The predicted octanol–water partition coefficient (Wildman–Crippen LogP) is 2.24. The molecule has 3 rings (SSSR count). The van der Waals surface area contributed by atoms with Gasteiger partial charge in [-0.2, -0.15) is 0 Å². The Hall–Kier alpha value is -1.88. The van der Waals surface area contributed by atoms with E-state index in [0.717, 1.165) is 31.4 Å². The first-order chi connectivity index (χ1) is 12.5. The van der Waals surface area contributed by atoms with E-state index in [4.69, 9.17) is 0 Å². The minimum atomic E-state index is -0.406. The molecular formula is C21H31N3O2. The van der Waals surface area contributed by atoms with Gasteiger partial charge in [0.1, 0.15) is 6.04 Å². The highest BCUT2D eigenvalue weighted by molar-refractivity contribution is 5.89. The summed E-state index contributed by atoms with van der Waals surface area (Å²) in [7, 11) is 0. The molecule has 4 atom stereocenters. The molecule has 1 aromatic carbocycles. The van der Waals surface area contributed by atoms with Gasteiger partial charge >= 0.3 is 0 Å². The maximum absolute atomic E-state index is 13.1. The molecule has 26 heavy (non-hydrogen) atoms. The summed E-state index contributed by atoms with van der Waals surface area (Å²) in [6, 6.07) is 8.35. The number of nitrogens with zero attached hydrogens (tertiary/aromatic N) is 1. The number of amides is 2. The molecule has 4 unspecified atom stereocenters. The topological polar surface area (TPSA) is 61.4 Å². The molecule has 2 heterocycles. The summed E-state index contributed by atoms with van der Waals surface area (Å²) in [6.07, 6.45) is 3.27. The molecule has 1 saturated heterocycles. The molecule has 2 aliphatic heterocycles. The third-order valence-corrected chi connectivity index (χ3v) is 5.84. The van der Waals surface area contributed by atoms with Crippen LogP contribution in [-0.2, 0) is 22.6 Å². The van der Waals surface area contributed by atoms with E-state index in [1.165, 1.54) is 5.56 Å². The van der Waals surface area contributed by atoms with Crippen LogP contribution in [0.3, 0.4) is 0 Å². The maximum atomic E-state index is 13.1. The number of carbonyl (C=O) groups excluding carboxylic acids is 2. The second-order valence-corrected chi connectivity index (χ2v) is 7.85. The lowest BCUT2D eigenvalue weighted by Crippen LogP contribution is -2.56. The van der Waals surface area contributed by atoms with E-state index in [9.17, 15) is 9.59 Å². The third kappa shape index (κ3) is 4.09. The lowest BCUT2D eigenvalue weighted by Gasteiger charge is -2.38. The van der Waals surface area contributed by atoms with Crippen LogP contribution in [0.25, 0.3) is 0 Å². The summed E-state index contributed by atoms with van der Waals surface area (Å²) in [5, 5.41) is 6.63. The Morgan fingerprint density at radius 1 is 1.31 bits per heavy atom. The van der Waals surface area contributed by atoms with E-state index in [1.54, 1.807) is 4.90 Å². The Balaban J connectivity index is 1.79. The fourth-order valence-corrected chi connectivity index (χ4v) is 4.01. The van der Waals surface area contributed by atoms with E-state index in [0.29, 0.717) is 19.0 Å². The molecule has 142 valence electrons. The number of benzene rings is 1. The van der Waals surface area contributed by atoms with E-state index in [1.807, 2.05) is 26.0 Å². The van der Waals surface area contributed by atoms with Crippen molar-refractivity contribution in [2.45, 2.75) is 71.1 Å². The molecular weight excluding hydrogens is 326 g/mol. The molecule has 1 aromatic rings. The lowest BCUT2D eigenvalue weighted by molar-refractivity contribution is -0.145. The minimum Gasteiger partial charge on any atom is -0.351 e. The molecule has 0 radical (unpaired) electrons. The van der Waals surface area contributed by atoms with E-state index >= 15 is 0 Å². The molecule has 2 aliphatic rings. The van der Waals surface area contributed by atoms with Gasteiger partial charge in [0, 0.05) is 31.0 Å². The first-order valence-corrected chi connectivity index (χ1v) is 9.90. The second kappa shape index (κ2) is 8.21. The van der Waals surface area contributed by atoms with E-state index in [-0.39, 0.29) is 23.8 Å². The van der Waals surface area contributed by atoms with Crippen molar-refractivity contribution in [1.29, 1.82) is 0 Å². The summed E-state index contributed by atoms with van der Waals surface area (Å²) in [5.74, 6) is 0.0190. The van der Waals surface area contributed by atoms with E-state index in [2.05, 4.69) is 29.7 Å². The lowest BCUT2D eigenvalue weighted by atomic mass is 9.91. The number of nitrogens with one attached hydrogen (secondary N) is 2. The van der Waals surface area contributed by atoms with Gasteiger partial charge < -0.3 is 15.5 Å². The van der Waals surface area contributed by atoms with Crippen molar-refractivity contribution in [3.05, 3.63) is 35.4 Å². The summed E-state index contributed by atoms with van der Waals surface area (Å²) >= 11 is 0. The molecule has 2 N–H and O–H groups in total. The van der Waals surface area contributed by atoms with Crippen LogP contribution in [0.5, 0.6) is 0 Å². The average Bonchev–Trinajstić information content (AvgIpc) is 2.65. The largest absolute Gasteiger partial charge is 0.351 e. The summed E-state index contributed by atoms with van der Waals surface area (Å²) in [4.78, 5) is 27.8. The van der Waals surface area contributed by atoms with Gasteiger partial charge in [-0.25, -0.2) is 0 Å². The van der Waals surface area contributed by atoms with Gasteiger partial charge in [-0.1, -0.05) is 38.1 Å². The zero-order valence-corrected chi connectivity index (χ0v) is 16.1. The van der Waals surface area contributed by atoms with Gasteiger partial charge in [-0.15, -0.1) is 0 Å². The Morgan fingerprint density at radius 2 is 2.04 bits per heavy atom. The summed E-state index contributed by atoms with van der Waals surface area (Å²) < 4.78 is 0. The molecule has 0 spiro atoms. The van der Waals surface area contributed by atoms with Gasteiger partial charge in [0.25, 0.3) is 0 Å². The normalized spacial score (nSPS) is 26.7. The van der Waals surface area contributed by atoms with Crippen LogP contribution in [0.4, 0.5) is 0 Å². The van der Waals surface area contributed by atoms with Crippen LogP contribution in [-0.4, -0.2) is 41.4 Å². The number of piperidine rings is 1. The molecule has 0 aromatic heterocycles. The zero-order valence-electron chi connectivity index (χ0n) is 16.1. The first-order valence-electron chi connectivity index (χ1n) is 9.90. The molecule has 0 bridgehead atoms. The fourth-order valence-electron chi connectivity index (χ4n) is 4.01. The van der Waals surface area contributed by atoms with Gasteiger partial charge in [-0.3, -0.25) is 9.59 Å². The van der Waals surface area contributed by atoms with Crippen LogP contribution in [0.15, 0.2) is 24.3 Å². The average molecular weight is 357 g/mol. The van der Waals surface area contributed by atoms with Crippen molar-refractivity contribution in [3.63, 3.8) is 0 Å². The van der Waals surface area contributed by atoms with Crippen molar-refractivity contribution in [2.24, 2.45) is 5.92 Å². The third-order valence-electron chi connectivity index (χ3n) is 5.84. The van der Waals surface area contributed by atoms with Gasteiger partial charge in [0.2, 0.25) is 11.8 Å². The van der Waals surface area contributed by atoms with Crippen molar-refractivity contribution in [1.82, 2.24) is 15.5 Å². The van der Waals surface area contributed by atoms with Crippen molar-refractivity contribution in [2.75, 3.05) is 6.54 Å². The zero-order chi connectivity index (χ0) is 18.7. The van der Waals surface area contributed by atoms with Gasteiger partial charge in [-0.05, 0) is 43.9 Å². The van der Waals surface area contributed by atoms with Crippen molar-refractivity contribution < 1.29 is 9.59 Å². The quantitative estimate of drug-likeness (QED) is 0.869. The van der Waals surface area contributed by atoms with Crippen LogP contribution < -0.4 is 10.6 Å². The smallest absolute Gasteiger partial charge is 0.243 e. The summed E-state index contributed by atoms with van der Waals surface area (Å²) in [6.45, 7) is 7.57. The highest BCUT2D eigenvalue weighted by Crippen LogP contribution is 2.26. The Morgan fingerprint density at radius 3 is 2.73 bits per heavy atom. The van der Waals surface area contributed by atoms with Gasteiger partial charge in [0.15, 0.2) is 0 Å². The SMILES string of the molecule is CCC(C)C(=O)N1Cc2ccccc2CC1C(=O)NC1CCNC(C)C1. The monoisotopic (exact) mass is 357 g/mol. The summed E-state index contributed by atoms with van der Waals surface area (Å²) in [5.41, 5.74) is 2.34. The number of hydrogen-bond acceptors (Lipinski definition) is 3. The van der Waals surface area contributed by atoms with Crippen molar-refractivity contribution >= 4 is 11.8 Å². The Labute approximate surface area is 156 Å². The van der Waals surface area contributed by atoms with Crippen LogP contribution >= 0.6 is 0 Å².